The molecule has 0 radical (unpaired) electrons. The Balaban J connectivity index is 2.15. The zero-order chi connectivity index (χ0) is 15.0. The first-order valence-electron chi connectivity index (χ1n) is 6.14. The third-order valence-electron chi connectivity index (χ3n) is 3.44. The molecule has 2 rings (SSSR count). The minimum atomic E-state index is -1.04. The average molecular weight is 616 g/mol. The first-order chi connectivity index (χ1) is 9.31. The minimum absolute atomic E-state index is 0.397. The molecule has 1 aliphatic heterocycles. The summed E-state index contributed by atoms with van der Waals surface area (Å²) in [6.45, 7) is 1.69. The number of aliphatic hydroxyl groups is 3. The fourth-order valence-electron chi connectivity index (χ4n) is 2.29. The lowest BCUT2D eigenvalue weighted by atomic mass is 9.99. The second-order valence-corrected chi connectivity index (χ2v) is 8.48. The van der Waals surface area contributed by atoms with Gasteiger partial charge in [-0.1, -0.05) is 0 Å². The van der Waals surface area contributed by atoms with Crippen LogP contribution in [0.2, 0.25) is 0 Å². The highest BCUT2D eigenvalue weighted by molar-refractivity contribution is 14.1. The second-order valence-electron chi connectivity index (χ2n) is 4.91. The molecule has 20 heavy (non-hydrogen) atoms. The normalized spacial score (nSPS) is 31.6. The predicted molar refractivity (Wildman–Crippen MR) is 101 cm³/mol. The van der Waals surface area contributed by atoms with Crippen molar-refractivity contribution < 1.29 is 20.1 Å². The smallest absolute Gasteiger partial charge is 0.113 e. The number of hydrogen-bond acceptors (Lipinski definition) is 4. The maximum Gasteiger partial charge on any atom is 0.113 e. The van der Waals surface area contributed by atoms with Gasteiger partial charge in [0.05, 0.1) is 12.2 Å². The molecular weight excluding hydrogens is 601 g/mol. The Bertz CT molecular complexity index is 473. The molecule has 7 heteroatoms. The fourth-order valence-corrected chi connectivity index (χ4v) is 6.31. The summed E-state index contributed by atoms with van der Waals surface area (Å²) in [5.74, 6) is 0. The van der Waals surface area contributed by atoms with E-state index in [1.165, 1.54) is 0 Å². The fraction of sp³-hybridized carbons (Fsp3) is 0.538. The van der Waals surface area contributed by atoms with Gasteiger partial charge in [0.2, 0.25) is 0 Å². The Morgan fingerprint density at radius 2 is 1.70 bits per heavy atom. The zero-order valence-electron chi connectivity index (χ0n) is 10.6. The molecule has 1 saturated heterocycles. The zero-order valence-corrected chi connectivity index (χ0v) is 17.1. The van der Waals surface area contributed by atoms with Gasteiger partial charge < -0.3 is 20.1 Å². The van der Waals surface area contributed by atoms with Crippen LogP contribution in [0, 0.1) is 10.7 Å². The number of rotatable bonds is 3. The quantitative estimate of drug-likeness (QED) is 0.455. The van der Waals surface area contributed by atoms with Crippen molar-refractivity contribution in [3.63, 3.8) is 0 Å². The van der Waals surface area contributed by atoms with E-state index in [1.54, 1.807) is 6.92 Å². The van der Waals surface area contributed by atoms with E-state index in [-0.39, 0.29) is 0 Å². The van der Waals surface area contributed by atoms with Crippen LogP contribution in [0.15, 0.2) is 12.1 Å². The molecule has 0 aromatic heterocycles. The van der Waals surface area contributed by atoms with Crippen molar-refractivity contribution in [2.24, 2.45) is 0 Å². The molecule has 0 amide bonds. The van der Waals surface area contributed by atoms with E-state index in [2.05, 4.69) is 79.9 Å². The van der Waals surface area contributed by atoms with Gasteiger partial charge in [-0.2, -0.15) is 0 Å². The lowest BCUT2D eigenvalue weighted by Gasteiger charge is -2.22. The van der Waals surface area contributed by atoms with E-state index >= 15 is 0 Å². The second kappa shape index (κ2) is 7.21. The molecule has 1 aromatic rings. The van der Waals surface area contributed by atoms with Crippen LogP contribution in [0.4, 0.5) is 0 Å². The standard InChI is InChI=1S/C13H15I3O4/c1-5-11(18)12(19)13(20-5)10(17)4-7-8(15)2-6(14)3-9(7)16/h2-3,5,10-13,17-19H,4H2,1H3. The van der Waals surface area contributed by atoms with Crippen LogP contribution in [-0.4, -0.2) is 45.8 Å². The number of halogens is 3. The summed E-state index contributed by atoms with van der Waals surface area (Å²) in [5.41, 5.74) is 1.05. The maximum absolute atomic E-state index is 10.3. The van der Waals surface area contributed by atoms with Gasteiger partial charge in [-0.25, -0.2) is 0 Å². The molecule has 0 spiro atoms. The molecule has 0 saturated carbocycles. The third kappa shape index (κ3) is 3.77. The van der Waals surface area contributed by atoms with E-state index in [0.29, 0.717) is 6.42 Å². The van der Waals surface area contributed by atoms with Crippen LogP contribution in [0.5, 0.6) is 0 Å². The van der Waals surface area contributed by atoms with Gasteiger partial charge in [-0.15, -0.1) is 0 Å². The summed E-state index contributed by atoms with van der Waals surface area (Å²) >= 11 is 6.75. The van der Waals surface area contributed by atoms with E-state index in [4.69, 9.17) is 4.74 Å². The molecule has 1 heterocycles. The van der Waals surface area contributed by atoms with Crippen molar-refractivity contribution in [1.82, 2.24) is 0 Å². The maximum atomic E-state index is 10.3. The van der Waals surface area contributed by atoms with Crippen molar-refractivity contribution in [3.05, 3.63) is 28.4 Å². The van der Waals surface area contributed by atoms with Gasteiger partial charge in [0, 0.05) is 17.1 Å². The van der Waals surface area contributed by atoms with Gasteiger partial charge in [0.25, 0.3) is 0 Å². The Kier molecular flexibility index (Phi) is 6.35. The predicted octanol–water partition coefficient (Wildman–Crippen LogP) is 1.91. The van der Waals surface area contributed by atoms with Gasteiger partial charge >= 0.3 is 0 Å². The molecule has 1 fully saturated rings. The first-order valence-corrected chi connectivity index (χ1v) is 9.38. The van der Waals surface area contributed by atoms with Gasteiger partial charge in [-0.05, 0) is 92.4 Å². The van der Waals surface area contributed by atoms with Crippen molar-refractivity contribution in [3.8, 4) is 0 Å². The third-order valence-corrected chi connectivity index (χ3v) is 5.99. The van der Waals surface area contributed by atoms with Crippen LogP contribution in [0.3, 0.4) is 0 Å². The topological polar surface area (TPSA) is 69.9 Å². The Morgan fingerprint density at radius 1 is 1.15 bits per heavy atom. The minimum Gasteiger partial charge on any atom is -0.390 e. The summed E-state index contributed by atoms with van der Waals surface area (Å²) in [5, 5.41) is 29.9. The van der Waals surface area contributed by atoms with Crippen LogP contribution in [0.1, 0.15) is 12.5 Å². The molecular formula is C13H15I3O4. The summed E-state index contributed by atoms with van der Waals surface area (Å²) in [7, 11) is 0. The van der Waals surface area contributed by atoms with Crippen molar-refractivity contribution in [1.29, 1.82) is 0 Å². The van der Waals surface area contributed by atoms with Gasteiger partial charge in [0.15, 0.2) is 0 Å². The van der Waals surface area contributed by atoms with Crippen molar-refractivity contribution >= 4 is 67.8 Å². The molecule has 0 aliphatic carbocycles. The van der Waals surface area contributed by atoms with Gasteiger partial charge in [0.1, 0.15) is 18.3 Å². The van der Waals surface area contributed by atoms with Crippen LogP contribution < -0.4 is 0 Å². The van der Waals surface area contributed by atoms with Crippen molar-refractivity contribution in [2.45, 2.75) is 43.9 Å². The number of hydrogen-bond donors (Lipinski definition) is 3. The molecule has 4 nitrogen and oxygen atoms in total. The largest absolute Gasteiger partial charge is 0.390 e. The highest BCUT2D eigenvalue weighted by Crippen LogP contribution is 2.28. The molecule has 5 unspecified atom stereocenters. The highest BCUT2D eigenvalue weighted by atomic mass is 127. The molecule has 3 N–H and O–H groups in total. The number of aliphatic hydroxyl groups excluding tert-OH is 3. The summed E-state index contributed by atoms with van der Waals surface area (Å²) < 4.78 is 8.78. The first kappa shape index (κ1) is 17.6. The molecule has 1 aliphatic rings. The molecule has 112 valence electrons. The van der Waals surface area contributed by atoms with Crippen LogP contribution in [0.25, 0.3) is 0 Å². The lowest BCUT2D eigenvalue weighted by molar-refractivity contribution is -0.0614. The monoisotopic (exact) mass is 616 g/mol. The van der Waals surface area contributed by atoms with E-state index in [1.807, 2.05) is 0 Å². The Morgan fingerprint density at radius 3 is 2.15 bits per heavy atom. The summed E-state index contributed by atoms with van der Waals surface area (Å²) in [4.78, 5) is 0. The Labute approximate surface area is 158 Å². The van der Waals surface area contributed by atoms with E-state index in [9.17, 15) is 15.3 Å². The number of ether oxygens (including phenoxy) is 1. The number of benzene rings is 1. The SMILES string of the molecule is CC1OC(C(O)Cc2c(I)cc(I)cc2I)C(O)C1O. The lowest BCUT2D eigenvalue weighted by Crippen LogP contribution is -2.40. The van der Waals surface area contributed by atoms with Crippen molar-refractivity contribution in [2.75, 3.05) is 0 Å². The molecule has 0 bridgehead atoms. The molecule has 1 aromatic carbocycles. The van der Waals surface area contributed by atoms with E-state index < -0.39 is 30.5 Å². The average Bonchev–Trinajstić information content (AvgIpc) is 2.61. The highest BCUT2D eigenvalue weighted by Gasteiger charge is 2.43. The van der Waals surface area contributed by atoms with Gasteiger partial charge in [-0.3, -0.25) is 0 Å². The van der Waals surface area contributed by atoms with E-state index in [0.717, 1.165) is 16.3 Å². The molecule has 5 atom stereocenters. The van der Waals surface area contributed by atoms with Crippen LogP contribution >= 0.6 is 67.8 Å². The summed E-state index contributed by atoms with van der Waals surface area (Å²) in [6, 6.07) is 4.10. The Hall–Kier alpha value is 1.25. The summed E-state index contributed by atoms with van der Waals surface area (Å²) in [6.07, 6.45) is -3.63. The van der Waals surface area contributed by atoms with Crippen LogP contribution in [-0.2, 0) is 11.2 Å².